The minimum atomic E-state index is 0.733. The molecule has 0 unspecified atom stereocenters. The second-order valence-electron chi connectivity index (χ2n) is 4.63. The van der Waals surface area contributed by atoms with Crippen molar-refractivity contribution in [1.29, 1.82) is 0 Å². The molecule has 4 heteroatoms. The molecule has 0 saturated carbocycles. The number of benzene rings is 1. The zero-order chi connectivity index (χ0) is 12.8. The summed E-state index contributed by atoms with van der Waals surface area (Å²) < 4.78 is 5.82. The van der Waals surface area contributed by atoms with Crippen LogP contribution in [0.2, 0.25) is 0 Å². The zero-order valence-electron chi connectivity index (χ0n) is 10.3. The maximum absolute atomic E-state index is 5.82. The maximum atomic E-state index is 5.82. The summed E-state index contributed by atoms with van der Waals surface area (Å²) in [5, 5.41) is 1.09. The molecule has 4 aromatic rings. The molecule has 0 bridgehead atoms. The molecule has 3 aromatic heterocycles. The average molecular weight is 249 g/mol. The number of furan rings is 1. The van der Waals surface area contributed by atoms with E-state index < -0.39 is 0 Å². The fourth-order valence-electron chi connectivity index (χ4n) is 2.25. The molecule has 1 N–H and O–H groups in total. The minimum absolute atomic E-state index is 0.733. The molecule has 4 nitrogen and oxygen atoms in total. The smallest absolute Gasteiger partial charge is 0.174 e. The van der Waals surface area contributed by atoms with E-state index in [0.29, 0.717) is 0 Å². The average Bonchev–Trinajstić information content (AvgIpc) is 3.00. The van der Waals surface area contributed by atoms with E-state index in [1.807, 2.05) is 24.3 Å². The molecule has 0 radical (unpaired) electrons. The third kappa shape index (κ3) is 1.61. The van der Waals surface area contributed by atoms with Gasteiger partial charge in [0.25, 0.3) is 0 Å². The maximum Gasteiger partial charge on any atom is 0.174 e. The van der Waals surface area contributed by atoms with Gasteiger partial charge in [-0.15, -0.1) is 0 Å². The number of nitrogens with zero attached hydrogens (tertiary/aromatic N) is 2. The summed E-state index contributed by atoms with van der Waals surface area (Å²) in [7, 11) is 0. The van der Waals surface area contributed by atoms with E-state index in [1.165, 1.54) is 5.56 Å². The fourth-order valence-corrected chi connectivity index (χ4v) is 2.25. The predicted molar refractivity (Wildman–Crippen MR) is 73.8 cm³/mol. The molecule has 0 saturated heterocycles. The highest BCUT2D eigenvalue weighted by Crippen LogP contribution is 2.27. The molecule has 0 aliphatic heterocycles. The zero-order valence-corrected chi connectivity index (χ0v) is 10.3. The Balaban J connectivity index is 1.93. The van der Waals surface area contributed by atoms with Crippen LogP contribution in [0.25, 0.3) is 33.6 Å². The Morgan fingerprint density at radius 3 is 3.00 bits per heavy atom. The largest absolute Gasteiger partial charge is 0.453 e. The summed E-state index contributed by atoms with van der Waals surface area (Å²) in [6.07, 6.45) is 3.49. The molecule has 92 valence electrons. The van der Waals surface area contributed by atoms with E-state index in [1.54, 1.807) is 12.4 Å². The first-order chi connectivity index (χ1) is 9.29. The van der Waals surface area contributed by atoms with Crippen LogP contribution in [0, 0.1) is 6.92 Å². The van der Waals surface area contributed by atoms with Crippen molar-refractivity contribution < 1.29 is 4.42 Å². The van der Waals surface area contributed by atoms with Gasteiger partial charge in [0, 0.05) is 11.6 Å². The van der Waals surface area contributed by atoms with E-state index in [9.17, 15) is 0 Å². The number of pyridine rings is 1. The third-order valence-electron chi connectivity index (χ3n) is 3.19. The molecule has 0 atom stereocenters. The summed E-state index contributed by atoms with van der Waals surface area (Å²) in [6.45, 7) is 2.07. The van der Waals surface area contributed by atoms with Crippen LogP contribution in [0.15, 0.2) is 47.1 Å². The molecule has 19 heavy (non-hydrogen) atoms. The van der Waals surface area contributed by atoms with Crippen LogP contribution in [0.3, 0.4) is 0 Å². The summed E-state index contributed by atoms with van der Waals surface area (Å²) in [6, 6.07) is 10.0. The van der Waals surface area contributed by atoms with E-state index in [-0.39, 0.29) is 0 Å². The number of hydrogen-bond acceptors (Lipinski definition) is 3. The van der Waals surface area contributed by atoms with Gasteiger partial charge in [0.2, 0.25) is 0 Å². The summed E-state index contributed by atoms with van der Waals surface area (Å²) in [5.41, 5.74) is 3.89. The Labute approximate surface area is 109 Å². The standard InChI is InChI=1S/C15H11N3O/c1-9-2-3-13-10(6-9)7-14(19-13)15-17-11-4-5-16-8-12(11)18-15/h2-8H,1H3,(H,17,18). The van der Waals surface area contributed by atoms with Crippen molar-refractivity contribution in [3.8, 4) is 11.6 Å². The van der Waals surface area contributed by atoms with Crippen molar-refractivity contribution in [1.82, 2.24) is 15.0 Å². The van der Waals surface area contributed by atoms with Gasteiger partial charge in [-0.05, 0) is 31.2 Å². The van der Waals surface area contributed by atoms with Crippen molar-refractivity contribution >= 4 is 22.0 Å². The monoisotopic (exact) mass is 249 g/mol. The number of fused-ring (bicyclic) bond motifs is 2. The molecule has 4 rings (SSSR count). The topological polar surface area (TPSA) is 54.7 Å². The number of hydrogen-bond donors (Lipinski definition) is 1. The molecular formula is C15H11N3O. The quantitative estimate of drug-likeness (QED) is 0.560. The first-order valence-corrected chi connectivity index (χ1v) is 6.10. The number of H-pyrrole nitrogens is 1. The highest BCUT2D eigenvalue weighted by Gasteiger charge is 2.10. The van der Waals surface area contributed by atoms with Crippen LogP contribution >= 0.6 is 0 Å². The first-order valence-electron chi connectivity index (χ1n) is 6.10. The SMILES string of the molecule is Cc1ccc2oc(-c3nc4ccncc4[nH]3)cc2c1. The highest BCUT2D eigenvalue weighted by molar-refractivity contribution is 5.84. The first kappa shape index (κ1) is 10.3. The number of aromatic nitrogens is 3. The van der Waals surface area contributed by atoms with Gasteiger partial charge in [-0.1, -0.05) is 11.6 Å². The molecule has 0 amide bonds. The highest BCUT2D eigenvalue weighted by atomic mass is 16.3. The molecule has 0 fully saturated rings. The van der Waals surface area contributed by atoms with Gasteiger partial charge in [-0.3, -0.25) is 4.98 Å². The van der Waals surface area contributed by atoms with Gasteiger partial charge in [0.15, 0.2) is 11.6 Å². The number of nitrogens with one attached hydrogen (secondary N) is 1. The normalized spacial score (nSPS) is 11.4. The lowest BCUT2D eigenvalue weighted by Gasteiger charge is -1.89. The predicted octanol–water partition coefficient (Wildman–Crippen LogP) is 3.68. The van der Waals surface area contributed by atoms with Gasteiger partial charge in [-0.25, -0.2) is 4.98 Å². The number of aryl methyl sites for hydroxylation is 1. The molecule has 0 aliphatic carbocycles. The Morgan fingerprint density at radius 2 is 2.11 bits per heavy atom. The van der Waals surface area contributed by atoms with Gasteiger partial charge in [-0.2, -0.15) is 0 Å². The number of aromatic amines is 1. The minimum Gasteiger partial charge on any atom is -0.453 e. The lowest BCUT2D eigenvalue weighted by atomic mass is 10.2. The van der Waals surface area contributed by atoms with Crippen LogP contribution in [0.4, 0.5) is 0 Å². The Kier molecular flexibility index (Phi) is 2.00. The van der Waals surface area contributed by atoms with Gasteiger partial charge in [0.05, 0.1) is 17.2 Å². The second kappa shape index (κ2) is 3.68. The number of imidazole rings is 1. The van der Waals surface area contributed by atoms with Crippen LogP contribution < -0.4 is 0 Å². The molecular weight excluding hydrogens is 238 g/mol. The Morgan fingerprint density at radius 1 is 1.16 bits per heavy atom. The molecule has 1 aromatic carbocycles. The van der Waals surface area contributed by atoms with Crippen LogP contribution in [0.5, 0.6) is 0 Å². The van der Waals surface area contributed by atoms with E-state index in [0.717, 1.165) is 33.6 Å². The molecule has 3 heterocycles. The summed E-state index contributed by atoms with van der Waals surface area (Å²) >= 11 is 0. The summed E-state index contributed by atoms with van der Waals surface area (Å²) in [4.78, 5) is 11.8. The number of rotatable bonds is 1. The van der Waals surface area contributed by atoms with Crippen LogP contribution in [-0.2, 0) is 0 Å². The second-order valence-corrected chi connectivity index (χ2v) is 4.63. The molecule has 0 spiro atoms. The Bertz CT molecular complexity index is 856. The van der Waals surface area contributed by atoms with Crippen molar-refractivity contribution in [2.75, 3.05) is 0 Å². The van der Waals surface area contributed by atoms with Crippen LogP contribution in [0.1, 0.15) is 5.56 Å². The molecule has 0 aliphatic rings. The van der Waals surface area contributed by atoms with Crippen LogP contribution in [-0.4, -0.2) is 15.0 Å². The Hall–Kier alpha value is -2.62. The lowest BCUT2D eigenvalue weighted by molar-refractivity contribution is 0.626. The van der Waals surface area contributed by atoms with Gasteiger partial charge < -0.3 is 9.40 Å². The van der Waals surface area contributed by atoms with Crippen molar-refractivity contribution in [3.63, 3.8) is 0 Å². The van der Waals surface area contributed by atoms with E-state index in [4.69, 9.17) is 4.42 Å². The van der Waals surface area contributed by atoms with Crippen molar-refractivity contribution in [2.45, 2.75) is 6.92 Å². The lowest BCUT2D eigenvalue weighted by Crippen LogP contribution is -1.74. The van der Waals surface area contributed by atoms with Crippen molar-refractivity contribution in [3.05, 3.63) is 48.3 Å². The van der Waals surface area contributed by atoms with E-state index >= 15 is 0 Å². The van der Waals surface area contributed by atoms with Gasteiger partial charge >= 0.3 is 0 Å². The third-order valence-corrected chi connectivity index (χ3v) is 3.19. The van der Waals surface area contributed by atoms with E-state index in [2.05, 4.69) is 27.9 Å². The summed E-state index contributed by atoms with van der Waals surface area (Å²) in [5.74, 6) is 1.48. The fraction of sp³-hybridized carbons (Fsp3) is 0.0667. The van der Waals surface area contributed by atoms with Gasteiger partial charge in [0.1, 0.15) is 5.58 Å². The van der Waals surface area contributed by atoms with Crippen molar-refractivity contribution in [2.24, 2.45) is 0 Å².